The van der Waals surface area contributed by atoms with Gasteiger partial charge >= 0.3 is 0 Å². The van der Waals surface area contributed by atoms with Gasteiger partial charge in [-0.05, 0) is 30.5 Å². The highest BCUT2D eigenvalue weighted by molar-refractivity contribution is 5.78. The van der Waals surface area contributed by atoms with E-state index in [2.05, 4.69) is 46.8 Å². The summed E-state index contributed by atoms with van der Waals surface area (Å²) in [5.74, 6) is 2.44. The molecule has 0 amide bonds. The molecule has 8 heteroatoms. The number of guanidine groups is 1. The van der Waals surface area contributed by atoms with Gasteiger partial charge in [-0.25, -0.2) is 19.9 Å². The predicted molar refractivity (Wildman–Crippen MR) is 116 cm³/mol. The molecule has 8 nitrogen and oxygen atoms in total. The molecule has 29 heavy (non-hydrogen) atoms. The standard InChI is InChI=1S/C21H30N8/c22-20(28-12-14-29(15-13-28)21-23-8-5-9-24-21)26-17-18-6-7-19(25-16-18)27-10-3-1-2-4-11-27/h5-9,16H,1-4,10-15,17H2,(H2,22,26). The number of hydrogen-bond donors (Lipinski definition) is 1. The van der Waals surface area contributed by atoms with Crippen molar-refractivity contribution in [3.63, 3.8) is 0 Å². The van der Waals surface area contributed by atoms with E-state index in [9.17, 15) is 0 Å². The topological polar surface area (TPSA) is 86.8 Å². The van der Waals surface area contributed by atoms with Gasteiger partial charge in [-0.2, -0.15) is 0 Å². The van der Waals surface area contributed by atoms with Crippen LogP contribution in [0.15, 0.2) is 41.8 Å². The minimum Gasteiger partial charge on any atom is -0.370 e. The average Bonchev–Trinajstić information content (AvgIpc) is 3.08. The van der Waals surface area contributed by atoms with Crippen molar-refractivity contribution in [1.29, 1.82) is 0 Å². The molecule has 0 bridgehead atoms. The zero-order valence-corrected chi connectivity index (χ0v) is 17.0. The molecule has 0 aliphatic carbocycles. The summed E-state index contributed by atoms with van der Waals surface area (Å²) in [6, 6.07) is 6.07. The molecule has 0 aromatic carbocycles. The predicted octanol–water partition coefficient (Wildman–Crippen LogP) is 1.89. The van der Waals surface area contributed by atoms with E-state index < -0.39 is 0 Å². The summed E-state index contributed by atoms with van der Waals surface area (Å²) in [6.07, 6.45) is 10.7. The molecular weight excluding hydrogens is 364 g/mol. The molecular formula is C21H30N8. The Bertz CT molecular complexity index is 776. The normalized spacial score (nSPS) is 18.6. The van der Waals surface area contributed by atoms with Gasteiger partial charge < -0.3 is 20.4 Å². The van der Waals surface area contributed by atoms with E-state index in [0.717, 1.165) is 56.6 Å². The van der Waals surface area contributed by atoms with Gasteiger partial charge in [0.25, 0.3) is 0 Å². The highest BCUT2D eigenvalue weighted by Crippen LogP contribution is 2.17. The molecule has 4 heterocycles. The SMILES string of the molecule is NC(=NCc1ccc(N2CCCCCC2)nc1)N1CCN(c2ncccn2)CC1. The van der Waals surface area contributed by atoms with Crippen molar-refractivity contribution in [2.75, 3.05) is 49.1 Å². The van der Waals surface area contributed by atoms with Crippen molar-refractivity contribution in [2.45, 2.75) is 32.2 Å². The maximum atomic E-state index is 6.24. The first-order valence-corrected chi connectivity index (χ1v) is 10.6. The highest BCUT2D eigenvalue weighted by atomic mass is 15.4. The summed E-state index contributed by atoms with van der Waals surface area (Å²) in [6.45, 7) is 6.09. The number of anilines is 2. The van der Waals surface area contributed by atoms with Gasteiger partial charge in [-0.1, -0.05) is 18.9 Å². The summed E-state index contributed by atoms with van der Waals surface area (Å²) in [5.41, 5.74) is 7.33. The second-order valence-corrected chi connectivity index (χ2v) is 7.62. The van der Waals surface area contributed by atoms with E-state index in [4.69, 9.17) is 5.73 Å². The first-order valence-electron chi connectivity index (χ1n) is 10.6. The Balaban J connectivity index is 1.28. The van der Waals surface area contributed by atoms with E-state index in [-0.39, 0.29) is 0 Å². The van der Waals surface area contributed by atoms with E-state index in [1.165, 1.54) is 25.7 Å². The number of pyridine rings is 1. The van der Waals surface area contributed by atoms with Crippen molar-refractivity contribution in [2.24, 2.45) is 10.7 Å². The zero-order chi connectivity index (χ0) is 19.9. The third kappa shape index (κ3) is 5.13. The second kappa shape index (κ2) is 9.54. The van der Waals surface area contributed by atoms with Crippen molar-refractivity contribution in [3.8, 4) is 0 Å². The van der Waals surface area contributed by atoms with E-state index >= 15 is 0 Å². The molecule has 154 valence electrons. The third-order valence-electron chi connectivity index (χ3n) is 5.60. The van der Waals surface area contributed by atoms with Gasteiger partial charge in [0.05, 0.1) is 6.54 Å². The van der Waals surface area contributed by atoms with E-state index in [0.29, 0.717) is 12.5 Å². The Labute approximate surface area is 172 Å². The van der Waals surface area contributed by atoms with Crippen LogP contribution in [-0.2, 0) is 6.54 Å². The minimum absolute atomic E-state index is 0.557. The maximum absolute atomic E-state index is 6.24. The molecule has 2 N–H and O–H groups in total. The third-order valence-corrected chi connectivity index (χ3v) is 5.60. The largest absolute Gasteiger partial charge is 0.370 e. The van der Waals surface area contributed by atoms with Crippen LogP contribution in [0.4, 0.5) is 11.8 Å². The highest BCUT2D eigenvalue weighted by Gasteiger charge is 2.19. The fourth-order valence-electron chi connectivity index (χ4n) is 3.86. The summed E-state index contributed by atoms with van der Waals surface area (Å²) in [4.78, 5) is 24.6. The average molecular weight is 395 g/mol. The van der Waals surface area contributed by atoms with Gasteiger partial charge in [0.2, 0.25) is 5.95 Å². The Kier molecular flexibility index (Phi) is 6.38. The fraction of sp³-hybridized carbons (Fsp3) is 0.524. The lowest BCUT2D eigenvalue weighted by molar-refractivity contribution is 0.378. The number of hydrogen-bond acceptors (Lipinski definition) is 6. The molecule has 0 atom stereocenters. The Morgan fingerprint density at radius 2 is 1.59 bits per heavy atom. The molecule has 0 unspecified atom stereocenters. The van der Waals surface area contributed by atoms with Crippen LogP contribution in [-0.4, -0.2) is 65.1 Å². The zero-order valence-electron chi connectivity index (χ0n) is 17.0. The molecule has 4 rings (SSSR count). The van der Waals surface area contributed by atoms with Gasteiger partial charge in [-0.3, -0.25) is 0 Å². The van der Waals surface area contributed by atoms with Crippen molar-refractivity contribution in [1.82, 2.24) is 19.9 Å². The minimum atomic E-state index is 0.557. The number of nitrogens with two attached hydrogens (primary N) is 1. The van der Waals surface area contributed by atoms with Crippen molar-refractivity contribution < 1.29 is 0 Å². The summed E-state index contributed by atoms with van der Waals surface area (Å²) in [5, 5.41) is 0. The molecule has 2 aliphatic rings. The van der Waals surface area contributed by atoms with Crippen LogP contribution < -0.4 is 15.5 Å². The van der Waals surface area contributed by atoms with Crippen LogP contribution in [0.2, 0.25) is 0 Å². The quantitative estimate of drug-likeness (QED) is 0.626. The van der Waals surface area contributed by atoms with Crippen LogP contribution in [0.25, 0.3) is 0 Å². The molecule has 2 saturated heterocycles. The number of piperazine rings is 1. The molecule has 0 radical (unpaired) electrons. The van der Waals surface area contributed by atoms with E-state index in [1.807, 2.05) is 12.3 Å². The number of nitrogens with zero attached hydrogens (tertiary/aromatic N) is 7. The van der Waals surface area contributed by atoms with Crippen LogP contribution in [0.5, 0.6) is 0 Å². The van der Waals surface area contributed by atoms with Gasteiger partial charge in [0, 0.05) is 57.9 Å². The lowest BCUT2D eigenvalue weighted by Gasteiger charge is -2.35. The van der Waals surface area contributed by atoms with Crippen LogP contribution in [0, 0.1) is 0 Å². The number of aromatic nitrogens is 3. The summed E-state index contributed by atoms with van der Waals surface area (Å²) in [7, 11) is 0. The Morgan fingerprint density at radius 3 is 2.24 bits per heavy atom. The first kappa shape index (κ1) is 19.4. The van der Waals surface area contributed by atoms with Crippen molar-refractivity contribution >= 4 is 17.7 Å². The maximum Gasteiger partial charge on any atom is 0.225 e. The number of rotatable bonds is 4. The monoisotopic (exact) mass is 394 g/mol. The second-order valence-electron chi connectivity index (χ2n) is 7.62. The van der Waals surface area contributed by atoms with Crippen LogP contribution in [0.3, 0.4) is 0 Å². The Morgan fingerprint density at radius 1 is 0.862 bits per heavy atom. The molecule has 0 saturated carbocycles. The first-order chi connectivity index (χ1) is 14.3. The van der Waals surface area contributed by atoms with E-state index in [1.54, 1.807) is 12.4 Å². The lowest BCUT2D eigenvalue weighted by atomic mass is 10.2. The smallest absolute Gasteiger partial charge is 0.225 e. The lowest BCUT2D eigenvalue weighted by Crippen LogP contribution is -2.51. The molecule has 2 aromatic heterocycles. The molecule has 0 spiro atoms. The van der Waals surface area contributed by atoms with Crippen molar-refractivity contribution in [3.05, 3.63) is 42.4 Å². The summed E-state index contributed by atoms with van der Waals surface area (Å²) < 4.78 is 0. The van der Waals surface area contributed by atoms with Gasteiger partial charge in [0.1, 0.15) is 5.82 Å². The molecule has 2 aliphatic heterocycles. The summed E-state index contributed by atoms with van der Waals surface area (Å²) >= 11 is 0. The fourth-order valence-corrected chi connectivity index (χ4v) is 3.86. The molecule has 2 fully saturated rings. The van der Waals surface area contributed by atoms with Gasteiger partial charge in [-0.15, -0.1) is 0 Å². The van der Waals surface area contributed by atoms with Gasteiger partial charge in [0.15, 0.2) is 5.96 Å². The Hall–Kier alpha value is -2.90. The number of aliphatic imine (C=N–C) groups is 1. The van der Waals surface area contributed by atoms with Crippen LogP contribution >= 0.6 is 0 Å². The molecule has 2 aromatic rings. The van der Waals surface area contributed by atoms with Crippen LogP contribution in [0.1, 0.15) is 31.2 Å².